The summed E-state index contributed by atoms with van der Waals surface area (Å²) in [6, 6.07) is 10.7. The molecule has 1 saturated heterocycles. The monoisotopic (exact) mass is 381 g/mol. The first-order valence-corrected chi connectivity index (χ1v) is 9.08. The lowest BCUT2D eigenvalue weighted by Gasteiger charge is -2.34. The van der Waals surface area contributed by atoms with E-state index < -0.39 is 0 Å². The number of amides is 3. The van der Waals surface area contributed by atoms with Crippen molar-refractivity contribution in [1.29, 1.82) is 0 Å². The van der Waals surface area contributed by atoms with Crippen LogP contribution in [-0.4, -0.2) is 58.7 Å². The molecule has 3 amide bonds. The lowest BCUT2D eigenvalue weighted by molar-refractivity contribution is -0.130. The number of hydrogen-bond acceptors (Lipinski definition) is 5. The largest absolute Gasteiger partial charge is 0.340 e. The Morgan fingerprint density at radius 1 is 0.857 bits per heavy atom. The highest BCUT2D eigenvalue weighted by molar-refractivity contribution is 5.94. The first kappa shape index (κ1) is 19.3. The summed E-state index contributed by atoms with van der Waals surface area (Å²) in [5.41, 5.74) is 2.06. The van der Waals surface area contributed by atoms with E-state index in [4.69, 9.17) is 0 Å². The molecule has 2 heterocycles. The number of piperazine rings is 1. The molecule has 1 aromatic heterocycles. The molecule has 2 N–H and O–H groups in total. The third-order valence-electron chi connectivity index (χ3n) is 4.50. The molecule has 2 aromatic rings. The Morgan fingerprint density at radius 2 is 1.46 bits per heavy atom. The lowest BCUT2D eigenvalue weighted by Crippen LogP contribution is -2.50. The van der Waals surface area contributed by atoms with Crippen LogP contribution in [0.15, 0.2) is 42.6 Å². The van der Waals surface area contributed by atoms with E-state index in [1.54, 1.807) is 47.2 Å². The zero-order chi connectivity index (χ0) is 20.1. The van der Waals surface area contributed by atoms with Gasteiger partial charge in [-0.05, 0) is 36.4 Å². The molecule has 0 aliphatic carbocycles. The van der Waals surface area contributed by atoms with Crippen LogP contribution in [0.1, 0.15) is 24.2 Å². The van der Waals surface area contributed by atoms with Gasteiger partial charge >= 0.3 is 0 Å². The smallest absolute Gasteiger partial charge is 0.255 e. The third kappa shape index (κ3) is 4.85. The Labute approximate surface area is 163 Å². The van der Waals surface area contributed by atoms with E-state index in [1.807, 2.05) is 12.1 Å². The molecule has 0 atom stereocenters. The number of carbonyl (C=O) groups excluding carboxylic acids is 3. The summed E-state index contributed by atoms with van der Waals surface area (Å²) < 4.78 is 0. The van der Waals surface area contributed by atoms with Gasteiger partial charge in [-0.3, -0.25) is 14.4 Å². The average molecular weight is 381 g/mol. The van der Waals surface area contributed by atoms with Crippen LogP contribution in [0.2, 0.25) is 0 Å². The van der Waals surface area contributed by atoms with Crippen molar-refractivity contribution in [2.24, 2.45) is 0 Å². The minimum atomic E-state index is -0.120. The summed E-state index contributed by atoms with van der Waals surface area (Å²) in [4.78, 5) is 42.8. The molecule has 28 heavy (non-hydrogen) atoms. The van der Waals surface area contributed by atoms with Gasteiger partial charge < -0.3 is 20.4 Å². The molecule has 1 aliphatic heterocycles. The summed E-state index contributed by atoms with van der Waals surface area (Å²) in [5.74, 6) is 0.451. The molecule has 1 aromatic carbocycles. The van der Waals surface area contributed by atoms with E-state index in [0.717, 1.165) is 11.4 Å². The van der Waals surface area contributed by atoms with Gasteiger partial charge in [0.2, 0.25) is 11.8 Å². The van der Waals surface area contributed by atoms with Crippen molar-refractivity contribution in [1.82, 2.24) is 14.8 Å². The van der Waals surface area contributed by atoms with Crippen molar-refractivity contribution in [2.75, 3.05) is 36.8 Å². The predicted octanol–water partition coefficient (Wildman–Crippen LogP) is 2.09. The molecule has 0 bridgehead atoms. The number of anilines is 3. The molecule has 0 radical (unpaired) electrons. The number of hydrogen-bond donors (Lipinski definition) is 2. The third-order valence-corrected chi connectivity index (χ3v) is 4.50. The van der Waals surface area contributed by atoms with Crippen LogP contribution in [0.5, 0.6) is 0 Å². The van der Waals surface area contributed by atoms with E-state index >= 15 is 0 Å². The van der Waals surface area contributed by atoms with E-state index in [9.17, 15) is 14.4 Å². The Hall–Kier alpha value is -3.42. The van der Waals surface area contributed by atoms with Gasteiger partial charge in [-0.1, -0.05) is 0 Å². The van der Waals surface area contributed by atoms with Crippen LogP contribution in [0.3, 0.4) is 0 Å². The molecule has 146 valence electrons. The maximum Gasteiger partial charge on any atom is 0.255 e. The van der Waals surface area contributed by atoms with E-state index in [1.165, 1.54) is 6.92 Å². The average Bonchev–Trinajstić information content (AvgIpc) is 2.69. The van der Waals surface area contributed by atoms with Gasteiger partial charge in [0.15, 0.2) is 0 Å². The summed E-state index contributed by atoms with van der Waals surface area (Å²) in [7, 11) is 0. The highest BCUT2D eigenvalue weighted by atomic mass is 16.2. The number of benzene rings is 1. The lowest BCUT2D eigenvalue weighted by atomic mass is 10.2. The molecule has 0 spiro atoms. The van der Waals surface area contributed by atoms with Gasteiger partial charge in [-0.2, -0.15) is 0 Å². The standard InChI is InChI=1S/C20H23N5O3/c1-14(26)22-17-4-6-18(7-5-17)23-19-8-3-16(13-21-19)20(28)25-11-9-24(10-12-25)15(2)27/h3-8,13H,9-12H2,1-2H3,(H,21,23)(H,22,26). The first-order chi connectivity index (χ1) is 13.4. The summed E-state index contributed by atoms with van der Waals surface area (Å²) in [6.07, 6.45) is 1.55. The molecule has 0 unspecified atom stereocenters. The van der Waals surface area contributed by atoms with E-state index in [-0.39, 0.29) is 17.7 Å². The highest BCUT2D eigenvalue weighted by Crippen LogP contribution is 2.18. The highest BCUT2D eigenvalue weighted by Gasteiger charge is 2.23. The predicted molar refractivity (Wildman–Crippen MR) is 106 cm³/mol. The zero-order valence-corrected chi connectivity index (χ0v) is 15.9. The van der Waals surface area contributed by atoms with Gasteiger partial charge in [0, 0.05) is 57.6 Å². The summed E-state index contributed by atoms with van der Waals surface area (Å²) in [6.45, 7) is 5.17. The van der Waals surface area contributed by atoms with Gasteiger partial charge in [0.25, 0.3) is 5.91 Å². The van der Waals surface area contributed by atoms with Crippen LogP contribution in [-0.2, 0) is 9.59 Å². The van der Waals surface area contributed by atoms with Gasteiger partial charge in [0.1, 0.15) is 5.82 Å². The molecule has 8 heteroatoms. The van der Waals surface area contributed by atoms with E-state index in [0.29, 0.717) is 37.6 Å². The first-order valence-electron chi connectivity index (χ1n) is 9.08. The maximum atomic E-state index is 12.6. The Balaban J connectivity index is 1.58. The molecular weight excluding hydrogens is 358 g/mol. The van der Waals surface area contributed by atoms with Gasteiger partial charge in [-0.25, -0.2) is 4.98 Å². The van der Waals surface area contributed by atoms with Crippen LogP contribution in [0.4, 0.5) is 17.2 Å². The zero-order valence-electron chi connectivity index (χ0n) is 15.9. The number of carbonyl (C=O) groups is 3. The van der Waals surface area contributed by atoms with Crippen molar-refractivity contribution >= 4 is 34.9 Å². The van der Waals surface area contributed by atoms with Crippen molar-refractivity contribution in [3.8, 4) is 0 Å². The number of pyridine rings is 1. The maximum absolute atomic E-state index is 12.6. The second kappa shape index (κ2) is 8.51. The van der Waals surface area contributed by atoms with Crippen LogP contribution < -0.4 is 10.6 Å². The Bertz CT molecular complexity index is 856. The van der Waals surface area contributed by atoms with Crippen LogP contribution in [0, 0.1) is 0 Å². The minimum Gasteiger partial charge on any atom is -0.340 e. The normalized spacial score (nSPS) is 13.8. The fourth-order valence-corrected chi connectivity index (χ4v) is 2.99. The van der Waals surface area contributed by atoms with Crippen molar-refractivity contribution < 1.29 is 14.4 Å². The second-order valence-electron chi connectivity index (χ2n) is 6.61. The Kier molecular flexibility index (Phi) is 5.88. The fraction of sp³-hybridized carbons (Fsp3) is 0.300. The molecule has 0 saturated carbocycles. The number of nitrogens with one attached hydrogen (secondary N) is 2. The van der Waals surface area contributed by atoms with Gasteiger partial charge in [0.05, 0.1) is 5.56 Å². The molecule has 1 fully saturated rings. The molecule has 1 aliphatic rings. The summed E-state index contributed by atoms with van der Waals surface area (Å²) in [5, 5.41) is 5.87. The Morgan fingerprint density at radius 3 is 2.00 bits per heavy atom. The number of aromatic nitrogens is 1. The molecular formula is C20H23N5O3. The van der Waals surface area contributed by atoms with Crippen molar-refractivity contribution in [3.63, 3.8) is 0 Å². The number of nitrogens with zero attached hydrogens (tertiary/aromatic N) is 3. The topological polar surface area (TPSA) is 94.6 Å². The quantitative estimate of drug-likeness (QED) is 0.846. The second-order valence-corrected chi connectivity index (χ2v) is 6.61. The minimum absolute atomic E-state index is 0.0364. The van der Waals surface area contributed by atoms with Crippen LogP contribution >= 0.6 is 0 Å². The van der Waals surface area contributed by atoms with Crippen LogP contribution in [0.25, 0.3) is 0 Å². The van der Waals surface area contributed by atoms with Gasteiger partial charge in [-0.15, -0.1) is 0 Å². The fourth-order valence-electron chi connectivity index (χ4n) is 2.99. The van der Waals surface area contributed by atoms with E-state index in [2.05, 4.69) is 15.6 Å². The summed E-state index contributed by atoms with van der Waals surface area (Å²) >= 11 is 0. The van der Waals surface area contributed by atoms with Crippen molar-refractivity contribution in [2.45, 2.75) is 13.8 Å². The molecule has 3 rings (SSSR count). The number of rotatable bonds is 4. The SMILES string of the molecule is CC(=O)Nc1ccc(Nc2ccc(C(=O)N3CCN(C(C)=O)CC3)cn2)cc1. The van der Waals surface area contributed by atoms with Crippen molar-refractivity contribution in [3.05, 3.63) is 48.2 Å². The molecule has 8 nitrogen and oxygen atoms in total.